The fourth-order valence-corrected chi connectivity index (χ4v) is 2.92. The molecular formula is C10H10BrNS. The predicted octanol–water partition coefficient (Wildman–Crippen LogP) is 3.17. The first-order valence-corrected chi connectivity index (χ1v) is 5.78. The molecule has 1 aromatic heterocycles. The Morgan fingerprint density at radius 1 is 1.31 bits per heavy atom. The second-order valence-corrected chi connectivity index (χ2v) is 5.42. The fraction of sp³-hybridized carbons (Fsp3) is 0.200. The van der Waals surface area contributed by atoms with Crippen LogP contribution in [0.5, 0.6) is 0 Å². The van der Waals surface area contributed by atoms with Gasteiger partial charge in [-0.1, -0.05) is 12.1 Å². The number of fused-ring (bicyclic) bond motifs is 1. The zero-order chi connectivity index (χ0) is 9.26. The summed E-state index contributed by atoms with van der Waals surface area (Å²) in [6.45, 7) is 0.719. The highest BCUT2D eigenvalue weighted by Gasteiger charge is 1.99. The predicted molar refractivity (Wildman–Crippen MR) is 62.3 cm³/mol. The van der Waals surface area contributed by atoms with Crippen LogP contribution in [-0.2, 0) is 6.42 Å². The molecule has 2 N–H and O–H groups in total. The Kier molecular flexibility index (Phi) is 2.67. The van der Waals surface area contributed by atoms with Crippen LogP contribution >= 0.6 is 27.3 Å². The molecule has 68 valence electrons. The summed E-state index contributed by atoms with van der Waals surface area (Å²) in [4.78, 5) is 0. The minimum Gasteiger partial charge on any atom is -0.330 e. The molecule has 1 nitrogen and oxygen atoms in total. The number of hydrogen-bond donors (Lipinski definition) is 1. The van der Waals surface area contributed by atoms with Gasteiger partial charge in [0.25, 0.3) is 0 Å². The molecule has 0 radical (unpaired) electrons. The van der Waals surface area contributed by atoms with Crippen LogP contribution in [0.25, 0.3) is 10.1 Å². The van der Waals surface area contributed by atoms with Crippen LogP contribution in [0.1, 0.15) is 5.56 Å². The van der Waals surface area contributed by atoms with Crippen LogP contribution in [0.4, 0.5) is 0 Å². The zero-order valence-corrected chi connectivity index (χ0v) is 9.49. The second-order valence-electron chi connectivity index (χ2n) is 2.96. The number of benzene rings is 1. The van der Waals surface area contributed by atoms with Gasteiger partial charge < -0.3 is 5.73 Å². The summed E-state index contributed by atoms with van der Waals surface area (Å²) in [5.41, 5.74) is 6.82. The maximum absolute atomic E-state index is 5.50. The van der Waals surface area contributed by atoms with Crippen molar-refractivity contribution in [2.45, 2.75) is 6.42 Å². The van der Waals surface area contributed by atoms with Crippen molar-refractivity contribution >= 4 is 37.4 Å². The third kappa shape index (κ3) is 1.93. The fourth-order valence-electron chi connectivity index (χ4n) is 1.38. The standard InChI is InChI=1S/C10H10BrNS/c11-10-6-8-5-7(3-4-12)1-2-9(8)13-10/h1-2,5-6H,3-4,12H2. The van der Waals surface area contributed by atoms with Crippen LogP contribution in [-0.4, -0.2) is 6.54 Å². The number of rotatable bonds is 2. The third-order valence-corrected chi connectivity index (χ3v) is 3.60. The Balaban J connectivity index is 2.48. The van der Waals surface area contributed by atoms with Crippen molar-refractivity contribution < 1.29 is 0 Å². The highest BCUT2D eigenvalue weighted by atomic mass is 79.9. The van der Waals surface area contributed by atoms with Gasteiger partial charge in [-0.15, -0.1) is 11.3 Å². The van der Waals surface area contributed by atoms with Gasteiger partial charge in [-0.2, -0.15) is 0 Å². The number of hydrogen-bond acceptors (Lipinski definition) is 2. The first-order chi connectivity index (χ1) is 6.29. The largest absolute Gasteiger partial charge is 0.330 e. The first kappa shape index (κ1) is 9.19. The van der Waals surface area contributed by atoms with E-state index >= 15 is 0 Å². The molecule has 0 saturated carbocycles. The second kappa shape index (κ2) is 3.78. The summed E-state index contributed by atoms with van der Waals surface area (Å²) in [6.07, 6.45) is 0.962. The molecule has 0 bridgehead atoms. The van der Waals surface area contributed by atoms with Crippen molar-refractivity contribution in [3.8, 4) is 0 Å². The minimum absolute atomic E-state index is 0.719. The van der Waals surface area contributed by atoms with Gasteiger partial charge in [0.2, 0.25) is 0 Å². The monoisotopic (exact) mass is 255 g/mol. The van der Waals surface area contributed by atoms with E-state index in [4.69, 9.17) is 5.73 Å². The molecule has 0 spiro atoms. The molecular weight excluding hydrogens is 246 g/mol. The van der Waals surface area contributed by atoms with Crippen molar-refractivity contribution in [3.63, 3.8) is 0 Å². The molecule has 0 amide bonds. The first-order valence-electron chi connectivity index (χ1n) is 4.17. The molecule has 2 aromatic rings. The summed E-state index contributed by atoms with van der Waals surface area (Å²) in [7, 11) is 0. The van der Waals surface area contributed by atoms with E-state index in [1.54, 1.807) is 11.3 Å². The van der Waals surface area contributed by atoms with Gasteiger partial charge in [0.15, 0.2) is 0 Å². The van der Waals surface area contributed by atoms with Gasteiger partial charge in [-0.3, -0.25) is 0 Å². The van der Waals surface area contributed by atoms with Crippen molar-refractivity contribution in [2.75, 3.05) is 6.54 Å². The molecule has 0 saturated heterocycles. The molecule has 0 aliphatic carbocycles. The summed E-state index contributed by atoms with van der Waals surface area (Å²) < 4.78 is 2.51. The maximum atomic E-state index is 5.50. The quantitative estimate of drug-likeness (QED) is 0.877. The average Bonchev–Trinajstić information content (AvgIpc) is 2.44. The van der Waals surface area contributed by atoms with E-state index in [0.29, 0.717) is 0 Å². The molecule has 0 atom stereocenters. The molecule has 0 aliphatic rings. The lowest BCUT2D eigenvalue weighted by molar-refractivity contribution is 0.971. The van der Waals surface area contributed by atoms with Crippen molar-refractivity contribution in [3.05, 3.63) is 33.6 Å². The summed E-state index contributed by atoms with van der Waals surface area (Å²) in [5.74, 6) is 0. The van der Waals surface area contributed by atoms with Gasteiger partial charge in [0, 0.05) is 4.70 Å². The van der Waals surface area contributed by atoms with Gasteiger partial charge in [0.1, 0.15) is 0 Å². The highest BCUT2D eigenvalue weighted by molar-refractivity contribution is 9.11. The van der Waals surface area contributed by atoms with Crippen LogP contribution in [0, 0.1) is 0 Å². The molecule has 0 fully saturated rings. The topological polar surface area (TPSA) is 26.0 Å². The van der Waals surface area contributed by atoms with Crippen LogP contribution in [0.2, 0.25) is 0 Å². The normalized spacial score (nSPS) is 10.9. The lowest BCUT2D eigenvalue weighted by atomic mass is 10.1. The molecule has 0 aliphatic heterocycles. The van der Waals surface area contributed by atoms with Crippen molar-refractivity contribution in [1.82, 2.24) is 0 Å². The van der Waals surface area contributed by atoms with Crippen molar-refractivity contribution in [1.29, 1.82) is 0 Å². The SMILES string of the molecule is NCCc1ccc2sc(Br)cc2c1. The van der Waals surface area contributed by atoms with E-state index < -0.39 is 0 Å². The smallest absolute Gasteiger partial charge is 0.0711 e. The third-order valence-electron chi connectivity index (χ3n) is 1.98. The van der Waals surface area contributed by atoms with E-state index in [9.17, 15) is 0 Å². The number of nitrogens with two attached hydrogens (primary N) is 1. The Bertz CT molecular complexity index is 422. The highest BCUT2D eigenvalue weighted by Crippen LogP contribution is 2.30. The Morgan fingerprint density at radius 2 is 2.15 bits per heavy atom. The lowest BCUT2D eigenvalue weighted by Crippen LogP contribution is -2.02. The van der Waals surface area contributed by atoms with Gasteiger partial charge in [0.05, 0.1) is 3.79 Å². The van der Waals surface area contributed by atoms with E-state index in [1.165, 1.54) is 19.4 Å². The number of halogens is 1. The van der Waals surface area contributed by atoms with Crippen LogP contribution < -0.4 is 5.73 Å². The zero-order valence-electron chi connectivity index (χ0n) is 7.09. The minimum atomic E-state index is 0.719. The summed E-state index contributed by atoms with van der Waals surface area (Å²) >= 11 is 5.25. The van der Waals surface area contributed by atoms with Crippen LogP contribution in [0.15, 0.2) is 28.1 Å². The molecule has 0 unspecified atom stereocenters. The van der Waals surface area contributed by atoms with Crippen LogP contribution in [0.3, 0.4) is 0 Å². The molecule has 3 heteroatoms. The average molecular weight is 256 g/mol. The summed E-state index contributed by atoms with van der Waals surface area (Å²) in [6, 6.07) is 8.68. The van der Waals surface area contributed by atoms with E-state index in [0.717, 1.165) is 13.0 Å². The lowest BCUT2D eigenvalue weighted by Gasteiger charge is -1.97. The van der Waals surface area contributed by atoms with Gasteiger partial charge >= 0.3 is 0 Å². The Hall–Kier alpha value is -0.380. The maximum Gasteiger partial charge on any atom is 0.0711 e. The van der Waals surface area contributed by atoms with Gasteiger partial charge in [-0.25, -0.2) is 0 Å². The Morgan fingerprint density at radius 3 is 2.92 bits per heavy atom. The number of thiophene rings is 1. The van der Waals surface area contributed by atoms with E-state index in [-0.39, 0.29) is 0 Å². The molecule has 1 aromatic carbocycles. The van der Waals surface area contributed by atoms with E-state index in [2.05, 4.69) is 40.2 Å². The molecule has 1 heterocycles. The Labute approximate surface area is 89.7 Å². The van der Waals surface area contributed by atoms with E-state index in [1.807, 2.05) is 0 Å². The van der Waals surface area contributed by atoms with Gasteiger partial charge in [-0.05, 0) is 52.0 Å². The van der Waals surface area contributed by atoms with Crippen molar-refractivity contribution in [2.24, 2.45) is 5.73 Å². The molecule has 2 rings (SSSR count). The summed E-state index contributed by atoms with van der Waals surface area (Å²) in [5, 5.41) is 1.31. The molecule has 13 heavy (non-hydrogen) atoms.